The Kier molecular flexibility index (Phi) is 6.48. The van der Waals surface area contributed by atoms with Gasteiger partial charge in [0.15, 0.2) is 0 Å². The molecule has 1 N–H and O–H groups in total. The average molecular weight is 566 g/mol. The quantitative estimate of drug-likeness (QED) is 0.345. The molecule has 6 rings (SSSR count). The normalized spacial score (nSPS) is 26.6. The van der Waals surface area contributed by atoms with Crippen molar-refractivity contribution in [2.75, 3.05) is 13.2 Å². The van der Waals surface area contributed by atoms with Gasteiger partial charge in [0.1, 0.15) is 29.7 Å². The Morgan fingerprint density at radius 2 is 1.82 bits per heavy atom. The molecule has 0 amide bonds. The fraction of sp³-hybridized carbons (Fsp3) is 0.500. The number of hydrogen-bond acceptors (Lipinski definition) is 4. The van der Waals surface area contributed by atoms with Crippen molar-refractivity contribution < 1.29 is 40.9 Å². The molecule has 2 saturated carbocycles. The molecule has 4 aliphatic rings. The van der Waals surface area contributed by atoms with Gasteiger partial charge in [0.05, 0.1) is 17.8 Å². The number of benzene rings is 1. The molecule has 4 nitrogen and oxygen atoms in total. The van der Waals surface area contributed by atoms with Crippen LogP contribution in [0.3, 0.4) is 0 Å². The van der Waals surface area contributed by atoms with Crippen molar-refractivity contribution >= 4 is 5.57 Å². The molecule has 4 aliphatic carbocycles. The first kappa shape index (κ1) is 27.2. The minimum Gasteiger partial charge on any atom is -0.493 e. The van der Waals surface area contributed by atoms with Crippen LogP contribution < -0.4 is 9.47 Å². The second kappa shape index (κ2) is 9.53. The van der Waals surface area contributed by atoms with Gasteiger partial charge in [-0.25, -0.2) is 18.2 Å². The topological polar surface area (TPSA) is 51.6 Å². The van der Waals surface area contributed by atoms with Gasteiger partial charge in [0, 0.05) is 48.4 Å². The van der Waals surface area contributed by atoms with Crippen molar-refractivity contribution in [3.05, 3.63) is 69.9 Å². The number of nitrogens with zero attached hydrogens (tertiary/aromatic N) is 1. The number of pyridine rings is 1. The van der Waals surface area contributed by atoms with Crippen LogP contribution in [0.15, 0.2) is 41.6 Å². The van der Waals surface area contributed by atoms with Gasteiger partial charge in [-0.1, -0.05) is 0 Å². The Bertz CT molecular complexity index is 1390. The highest BCUT2D eigenvalue weighted by Crippen LogP contribution is 2.56. The molecule has 0 spiro atoms. The first-order valence-corrected chi connectivity index (χ1v) is 13.5. The highest BCUT2D eigenvalue weighted by Gasteiger charge is 2.47. The molecule has 1 aromatic heterocycles. The van der Waals surface area contributed by atoms with Gasteiger partial charge in [-0.2, -0.15) is 13.2 Å². The number of allylic oxidation sites excluding steroid dienone is 3. The summed E-state index contributed by atoms with van der Waals surface area (Å²) in [6.07, 6.45) is 0.827. The van der Waals surface area contributed by atoms with E-state index in [9.17, 15) is 18.3 Å². The highest BCUT2D eigenvalue weighted by molar-refractivity contribution is 5.81. The molecule has 0 saturated heterocycles. The molecule has 3 unspecified atom stereocenters. The van der Waals surface area contributed by atoms with Crippen molar-refractivity contribution in [1.82, 2.24) is 4.98 Å². The molecular weight excluding hydrogens is 536 g/mol. The predicted molar refractivity (Wildman–Crippen MR) is 135 cm³/mol. The van der Waals surface area contributed by atoms with Crippen molar-refractivity contribution in [2.45, 2.75) is 75.2 Å². The van der Waals surface area contributed by atoms with Gasteiger partial charge in [0.2, 0.25) is 5.88 Å². The molecule has 1 aromatic carbocycles. The van der Waals surface area contributed by atoms with Gasteiger partial charge in [0.25, 0.3) is 0 Å². The first-order valence-electron chi connectivity index (χ1n) is 13.5. The number of fused-ring (bicyclic) bond motifs is 3. The SMILES string of the molecule is CC1(F)CC(C(F)(F)F)=C(c2c(F)cc(OCCC3(O)CCC3)cc2F)C=C1COc1cc2c(cn1)C1CC1C2. The average Bonchev–Trinajstić information content (AvgIpc) is 3.52. The molecule has 1 heterocycles. The summed E-state index contributed by atoms with van der Waals surface area (Å²) >= 11 is 0. The van der Waals surface area contributed by atoms with Gasteiger partial charge < -0.3 is 14.6 Å². The minimum absolute atomic E-state index is 0.00907. The molecule has 10 heteroatoms. The van der Waals surface area contributed by atoms with Crippen LogP contribution in [0.4, 0.5) is 26.3 Å². The number of halogens is 6. The summed E-state index contributed by atoms with van der Waals surface area (Å²) < 4.78 is 99.1. The van der Waals surface area contributed by atoms with E-state index in [2.05, 4.69) is 4.98 Å². The smallest absolute Gasteiger partial charge is 0.413 e. The van der Waals surface area contributed by atoms with E-state index in [1.54, 1.807) is 12.3 Å². The summed E-state index contributed by atoms with van der Waals surface area (Å²) in [6, 6.07) is 3.37. The lowest BCUT2D eigenvalue weighted by Gasteiger charge is -2.36. The monoisotopic (exact) mass is 565 g/mol. The van der Waals surface area contributed by atoms with E-state index in [0.717, 1.165) is 50.0 Å². The Labute approximate surface area is 227 Å². The van der Waals surface area contributed by atoms with Gasteiger partial charge >= 0.3 is 6.18 Å². The summed E-state index contributed by atoms with van der Waals surface area (Å²) in [5, 5.41) is 10.2. The zero-order valence-electron chi connectivity index (χ0n) is 21.9. The van der Waals surface area contributed by atoms with E-state index in [1.807, 2.05) is 0 Å². The van der Waals surface area contributed by atoms with Gasteiger partial charge in [-0.3, -0.25) is 0 Å². The Morgan fingerprint density at radius 1 is 1.10 bits per heavy atom. The van der Waals surface area contributed by atoms with E-state index in [0.29, 0.717) is 24.7 Å². The van der Waals surface area contributed by atoms with Crippen molar-refractivity contribution in [2.24, 2.45) is 5.92 Å². The lowest BCUT2D eigenvalue weighted by molar-refractivity contribution is -0.0969. The number of ether oxygens (including phenoxy) is 2. The predicted octanol–water partition coefficient (Wildman–Crippen LogP) is 7.16. The summed E-state index contributed by atoms with van der Waals surface area (Å²) in [5.41, 5.74) is -4.31. The second-order valence-electron chi connectivity index (χ2n) is 11.7. The Balaban J connectivity index is 1.26. The van der Waals surface area contributed by atoms with Crippen LogP contribution in [0.2, 0.25) is 0 Å². The third kappa shape index (κ3) is 5.10. The molecule has 0 bridgehead atoms. The number of alkyl halides is 4. The maximum absolute atomic E-state index is 15.6. The summed E-state index contributed by atoms with van der Waals surface area (Å²) in [4.78, 5) is 4.26. The third-order valence-corrected chi connectivity index (χ3v) is 8.75. The van der Waals surface area contributed by atoms with Gasteiger partial charge in [-0.15, -0.1) is 0 Å². The zero-order chi connectivity index (χ0) is 28.4. The molecule has 214 valence electrons. The van der Waals surface area contributed by atoms with E-state index in [4.69, 9.17) is 9.47 Å². The largest absolute Gasteiger partial charge is 0.493 e. The van der Waals surface area contributed by atoms with E-state index in [1.165, 1.54) is 5.56 Å². The molecule has 0 aliphatic heterocycles. The molecule has 2 fully saturated rings. The molecule has 0 radical (unpaired) electrons. The van der Waals surface area contributed by atoms with Crippen molar-refractivity contribution in [3.8, 4) is 11.6 Å². The number of aromatic nitrogens is 1. The molecule has 40 heavy (non-hydrogen) atoms. The molecular formula is C30H29F6NO3. The standard InChI is InChI=1S/C30H29F6NO3/c1-28(33)13-23(30(34,35)36)21(10-18(28)15-40-26-9-17-7-16-8-20(16)22(17)14-37-26)27-24(31)11-19(12-25(27)32)39-6-5-29(38)3-2-4-29/h9-12,14,16,20,38H,2-8,13,15H2,1H3. The minimum atomic E-state index is -5.03. The van der Waals surface area contributed by atoms with Crippen LogP contribution in [0.1, 0.15) is 68.1 Å². The Hall–Kier alpha value is -3.01. The first-order chi connectivity index (χ1) is 18.8. The van der Waals surface area contributed by atoms with Crippen LogP contribution >= 0.6 is 0 Å². The fourth-order valence-corrected chi connectivity index (χ4v) is 6.07. The van der Waals surface area contributed by atoms with Crippen LogP contribution in [0.25, 0.3) is 5.57 Å². The van der Waals surface area contributed by atoms with Crippen LogP contribution in [-0.4, -0.2) is 40.8 Å². The van der Waals surface area contributed by atoms with Crippen LogP contribution in [0, 0.1) is 17.6 Å². The molecule has 3 atom stereocenters. The highest BCUT2D eigenvalue weighted by atomic mass is 19.4. The zero-order valence-corrected chi connectivity index (χ0v) is 21.9. The summed E-state index contributed by atoms with van der Waals surface area (Å²) in [7, 11) is 0. The van der Waals surface area contributed by atoms with Gasteiger partial charge in [-0.05, 0) is 73.6 Å². The summed E-state index contributed by atoms with van der Waals surface area (Å²) in [5.74, 6) is -1.40. The number of aliphatic hydroxyl groups is 1. The van der Waals surface area contributed by atoms with Crippen LogP contribution in [0.5, 0.6) is 11.6 Å². The van der Waals surface area contributed by atoms with Crippen molar-refractivity contribution in [3.63, 3.8) is 0 Å². The number of rotatable bonds is 8. The number of hydrogen-bond donors (Lipinski definition) is 1. The summed E-state index contributed by atoms with van der Waals surface area (Å²) in [6.45, 7) is 0.548. The van der Waals surface area contributed by atoms with Crippen LogP contribution in [-0.2, 0) is 6.42 Å². The molecule has 2 aromatic rings. The fourth-order valence-electron chi connectivity index (χ4n) is 6.07. The maximum Gasteiger partial charge on any atom is 0.413 e. The van der Waals surface area contributed by atoms with Crippen molar-refractivity contribution in [1.29, 1.82) is 0 Å². The second-order valence-corrected chi connectivity index (χ2v) is 11.7. The lowest BCUT2D eigenvalue weighted by Crippen LogP contribution is -2.38. The van der Waals surface area contributed by atoms with E-state index < -0.39 is 58.8 Å². The maximum atomic E-state index is 15.6. The Morgan fingerprint density at radius 3 is 2.48 bits per heavy atom. The van der Waals surface area contributed by atoms with E-state index >= 15 is 13.2 Å². The van der Waals surface area contributed by atoms with E-state index in [-0.39, 0.29) is 30.2 Å². The lowest BCUT2D eigenvalue weighted by atomic mass is 9.78. The third-order valence-electron chi connectivity index (χ3n) is 8.75.